The maximum Gasteiger partial charge on any atom is 0.119 e. The van der Waals surface area contributed by atoms with Gasteiger partial charge in [-0.15, -0.1) is 11.3 Å². The van der Waals surface area contributed by atoms with Crippen molar-refractivity contribution in [3.05, 3.63) is 69.0 Å². The van der Waals surface area contributed by atoms with Crippen LogP contribution < -0.4 is 4.74 Å². The molecule has 0 atom stereocenters. The minimum atomic E-state index is 0.858. The lowest BCUT2D eigenvalue weighted by Gasteiger charge is -1.99. The first-order chi connectivity index (χ1) is 10.7. The number of thiazole rings is 1. The van der Waals surface area contributed by atoms with Gasteiger partial charge in [-0.3, -0.25) is 0 Å². The van der Waals surface area contributed by atoms with Gasteiger partial charge in [0.05, 0.1) is 12.8 Å². The molecule has 2 nitrogen and oxygen atoms in total. The van der Waals surface area contributed by atoms with Gasteiger partial charge in [0.2, 0.25) is 0 Å². The van der Waals surface area contributed by atoms with Gasteiger partial charge in [0.1, 0.15) is 10.8 Å². The molecule has 0 amide bonds. The molecule has 0 saturated heterocycles. The maximum absolute atomic E-state index is 5.23. The Balaban J connectivity index is 1.79. The molecule has 0 unspecified atom stereocenters. The molecule has 0 radical (unpaired) electrons. The average molecular weight is 372 g/mol. The van der Waals surface area contributed by atoms with E-state index in [1.54, 1.807) is 18.4 Å². The van der Waals surface area contributed by atoms with Crippen molar-refractivity contribution in [1.82, 2.24) is 4.98 Å². The summed E-state index contributed by atoms with van der Waals surface area (Å²) in [5.41, 5.74) is 3.23. The predicted molar refractivity (Wildman–Crippen MR) is 97.2 cm³/mol. The van der Waals surface area contributed by atoms with E-state index in [0.717, 1.165) is 32.1 Å². The summed E-state index contributed by atoms with van der Waals surface area (Å²) < 4.78 is 6.30. The zero-order valence-corrected chi connectivity index (χ0v) is 14.4. The van der Waals surface area contributed by atoms with Crippen LogP contribution in [0, 0.1) is 0 Å². The second-order valence-electron chi connectivity index (χ2n) is 4.69. The van der Waals surface area contributed by atoms with Crippen molar-refractivity contribution in [2.75, 3.05) is 7.11 Å². The molecule has 0 aliphatic carbocycles. The summed E-state index contributed by atoms with van der Waals surface area (Å²) >= 11 is 5.08. The number of ether oxygens (including phenoxy) is 1. The number of hydrogen-bond donors (Lipinski definition) is 0. The van der Waals surface area contributed by atoms with Gasteiger partial charge >= 0.3 is 0 Å². The van der Waals surface area contributed by atoms with Crippen molar-refractivity contribution < 1.29 is 4.74 Å². The van der Waals surface area contributed by atoms with Crippen molar-refractivity contribution in [2.45, 2.75) is 0 Å². The SMILES string of the molecule is COc1cccc(C=Cc2nc(-c3ccc(Br)cc3)cs2)c1. The van der Waals surface area contributed by atoms with Crippen molar-refractivity contribution in [3.8, 4) is 17.0 Å². The van der Waals surface area contributed by atoms with Crippen LogP contribution in [-0.2, 0) is 0 Å². The Bertz CT molecular complexity index is 793. The molecule has 22 heavy (non-hydrogen) atoms. The van der Waals surface area contributed by atoms with E-state index < -0.39 is 0 Å². The molecule has 0 saturated carbocycles. The fraction of sp³-hybridized carbons (Fsp3) is 0.0556. The van der Waals surface area contributed by atoms with Crippen molar-refractivity contribution in [2.24, 2.45) is 0 Å². The van der Waals surface area contributed by atoms with Gasteiger partial charge in [-0.05, 0) is 35.9 Å². The number of benzene rings is 2. The Hall–Kier alpha value is -1.91. The minimum absolute atomic E-state index is 0.858. The minimum Gasteiger partial charge on any atom is -0.497 e. The molecule has 3 aromatic rings. The molecule has 0 aliphatic rings. The predicted octanol–water partition coefficient (Wildman–Crippen LogP) is 5.75. The van der Waals surface area contributed by atoms with Gasteiger partial charge in [-0.25, -0.2) is 4.98 Å². The highest BCUT2D eigenvalue weighted by molar-refractivity contribution is 9.10. The quantitative estimate of drug-likeness (QED) is 0.582. The van der Waals surface area contributed by atoms with Crippen LogP contribution in [0.5, 0.6) is 5.75 Å². The van der Waals surface area contributed by atoms with E-state index in [1.165, 1.54) is 0 Å². The van der Waals surface area contributed by atoms with Gasteiger partial charge < -0.3 is 4.74 Å². The highest BCUT2D eigenvalue weighted by atomic mass is 79.9. The van der Waals surface area contributed by atoms with Gasteiger partial charge in [-0.1, -0.05) is 46.3 Å². The molecule has 110 valence electrons. The molecule has 1 heterocycles. The van der Waals surface area contributed by atoms with Crippen LogP contribution in [0.4, 0.5) is 0 Å². The molecule has 0 bridgehead atoms. The number of nitrogens with zero attached hydrogens (tertiary/aromatic N) is 1. The van der Waals surface area contributed by atoms with Crippen LogP contribution in [0.15, 0.2) is 58.4 Å². The maximum atomic E-state index is 5.23. The number of halogens is 1. The largest absolute Gasteiger partial charge is 0.497 e. The van der Waals surface area contributed by atoms with Crippen molar-refractivity contribution in [1.29, 1.82) is 0 Å². The fourth-order valence-corrected chi connectivity index (χ4v) is 3.01. The topological polar surface area (TPSA) is 22.1 Å². The Morgan fingerprint density at radius 2 is 1.91 bits per heavy atom. The first-order valence-corrected chi connectivity index (χ1v) is 8.45. The number of hydrogen-bond acceptors (Lipinski definition) is 3. The summed E-state index contributed by atoms with van der Waals surface area (Å²) in [5, 5.41) is 3.06. The number of methoxy groups -OCH3 is 1. The van der Waals surface area contributed by atoms with E-state index in [0.29, 0.717) is 0 Å². The monoisotopic (exact) mass is 371 g/mol. The van der Waals surface area contributed by atoms with Crippen LogP contribution in [0.2, 0.25) is 0 Å². The Kier molecular flexibility index (Phi) is 4.71. The lowest BCUT2D eigenvalue weighted by molar-refractivity contribution is 0.414. The van der Waals surface area contributed by atoms with Crippen LogP contribution in [0.3, 0.4) is 0 Å². The standard InChI is InChI=1S/C18H14BrNOS/c1-21-16-4-2-3-13(11-16)5-10-18-20-17(12-22-18)14-6-8-15(19)9-7-14/h2-12H,1H3. The molecule has 4 heteroatoms. The summed E-state index contributed by atoms with van der Waals surface area (Å²) in [4.78, 5) is 4.65. The second kappa shape index (κ2) is 6.90. The third kappa shape index (κ3) is 3.64. The highest BCUT2D eigenvalue weighted by Crippen LogP contribution is 2.25. The molecule has 0 aliphatic heterocycles. The molecule has 0 fully saturated rings. The molecule has 1 aromatic heterocycles. The molecule has 2 aromatic carbocycles. The van der Waals surface area contributed by atoms with Crippen LogP contribution in [-0.4, -0.2) is 12.1 Å². The van der Waals surface area contributed by atoms with Crippen LogP contribution in [0.1, 0.15) is 10.6 Å². The van der Waals surface area contributed by atoms with E-state index in [2.05, 4.69) is 38.4 Å². The second-order valence-corrected chi connectivity index (χ2v) is 6.49. The van der Waals surface area contributed by atoms with Gasteiger partial charge in [0.25, 0.3) is 0 Å². The Labute approximate surface area is 142 Å². The summed E-state index contributed by atoms with van der Waals surface area (Å²) in [6.07, 6.45) is 4.08. The van der Waals surface area contributed by atoms with Crippen LogP contribution in [0.25, 0.3) is 23.4 Å². The zero-order valence-electron chi connectivity index (χ0n) is 12.0. The molecular formula is C18H14BrNOS. The van der Waals surface area contributed by atoms with Gasteiger partial charge in [-0.2, -0.15) is 0 Å². The first-order valence-electron chi connectivity index (χ1n) is 6.78. The smallest absolute Gasteiger partial charge is 0.119 e. The zero-order chi connectivity index (χ0) is 15.4. The van der Waals surface area contributed by atoms with E-state index in [1.807, 2.05) is 48.6 Å². The van der Waals surface area contributed by atoms with E-state index in [-0.39, 0.29) is 0 Å². The van der Waals surface area contributed by atoms with Crippen molar-refractivity contribution >= 4 is 39.4 Å². The third-order valence-corrected chi connectivity index (χ3v) is 4.51. The summed E-state index contributed by atoms with van der Waals surface area (Å²) in [5.74, 6) is 0.858. The normalized spacial score (nSPS) is 11.0. The van der Waals surface area contributed by atoms with E-state index >= 15 is 0 Å². The van der Waals surface area contributed by atoms with Crippen LogP contribution >= 0.6 is 27.3 Å². The Morgan fingerprint density at radius 3 is 2.68 bits per heavy atom. The summed E-state index contributed by atoms with van der Waals surface area (Å²) in [6.45, 7) is 0. The third-order valence-electron chi connectivity index (χ3n) is 3.17. The van der Waals surface area contributed by atoms with Gasteiger partial charge in [0, 0.05) is 15.4 Å². The molecular weight excluding hydrogens is 358 g/mol. The summed E-state index contributed by atoms with van der Waals surface area (Å²) in [6, 6.07) is 16.1. The fourth-order valence-electron chi connectivity index (χ4n) is 2.03. The first kappa shape index (κ1) is 15.0. The molecule has 0 N–H and O–H groups in total. The van der Waals surface area contributed by atoms with E-state index in [9.17, 15) is 0 Å². The molecule has 0 spiro atoms. The Morgan fingerprint density at radius 1 is 1.09 bits per heavy atom. The average Bonchev–Trinajstić information content (AvgIpc) is 3.03. The van der Waals surface area contributed by atoms with E-state index in [4.69, 9.17) is 4.74 Å². The lowest BCUT2D eigenvalue weighted by atomic mass is 10.2. The number of rotatable bonds is 4. The van der Waals surface area contributed by atoms with Crippen molar-refractivity contribution in [3.63, 3.8) is 0 Å². The number of aromatic nitrogens is 1. The van der Waals surface area contributed by atoms with Gasteiger partial charge in [0.15, 0.2) is 0 Å². The highest BCUT2D eigenvalue weighted by Gasteiger charge is 2.02. The summed E-state index contributed by atoms with van der Waals surface area (Å²) in [7, 11) is 1.67. The lowest BCUT2D eigenvalue weighted by Crippen LogP contribution is -1.82. The molecule has 3 rings (SSSR count).